The Morgan fingerprint density at radius 2 is 1.83 bits per heavy atom. The number of para-hydroxylation sites is 2. The van der Waals surface area contributed by atoms with E-state index in [2.05, 4.69) is 10.1 Å². The third kappa shape index (κ3) is 2.53. The van der Waals surface area contributed by atoms with Gasteiger partial charge >= 0.3 is 0 Å². The van der Waals surface area contributed by atoms with Gasteiger partial charge in [0.05, 0.1) is 22.8 Å². The number of nitrogens with zero attached hydrogens (tertiary/aromatic N) is 3. The topological polar surface area (TPSA) is 43.3 Å². The SMILES string of the molecule is Fc1ccccc1-c1ccc(/C=N\n2cnc3ccccc32)o1. The molecule has 0 N–H and O–H groups in total. The molecule has 5 heteroatoms. The molecule has 2 aromatic carbocycles. The molecule has 0 amide bonds. The summed E-state index contributed by atoms with van der Waals surface area (Å²) in [6.45, 7) is 0. The number of hydrogen-bond acceptors (Lipinski definition) is 3. The first-order chi connectivity index (χ1) is 11.3. The summed E-state index contributed by atoms with van der Waals surface area (Å²) >= 11 is 0. The minimum atomic E-state index is -0.314. The third-order valence-electron chi connectivity index (χ3n) is 3.51. The van der Waals surface area contributed by atoms with Gasteiger partial charge in [-0.2, -0.15) is 5.10 Å². The van der Waals surface area contributed by atoms with Gasteiger partial charge < -0.3 is 4.42 Å². The van der Waals surface area contributed by atoms with Crippen LogP contribution in [-0.2, 0) is 0 Å². The average molecular weight is 305 g/mol. The van der Waals surface area contributed by atoms with Crippen molar-refractivity contribution in [3.63, 3.8) is 0 Å². The van der Waals surface area contributed by atoms with E-state index in [4.69, 9.17) is 4.42 Å². The van der Waals surface area contributed by atoms with E-state index in [-0.39, 0.29) is 5.82 Å². The van der Waals surface area contributed by atoms with Crippen LogP contribution in [-0.4, -0.2) is 15.9 Å². The fourth-order valence-electron chi connectivity index (χ4n) is 2.39. The van der Waals surface area contributed by atoms with E-state index in [0.717, 1.165) is 11.0 Å². The van der Waals surface area contributed by atoms with E-state index in [9.17, 15) is 4.39 Å². The maximum absolute atomic E-state index is 13.8. The lowest BCUT2D eigenvalue weighted by atomic mass is 10.1. The molecule has 0 bridgehead atoms. The van der Waals surface area contributed by atoms with Crippen molar-refractivity contribution in [2.75, 3.05) is 0 Å². The first-order valence-corrected chi connectivity index (χ1v) is 7.12. The summed E-state index contributed by atoms with van der Waals surface area (Å²) in [4.78, 5) is 4.26. The largest absolute Gasteiger partial charge is 0.455 e. The van der Waals surface area contributed by atoms with Crippen molar-refractivity contribution in [3.05, 3.63) is 78.6 Å². The van der Waals surface area contributed by atoms with Crippen LogP contribution in [0.5, 0.6) is 0 Å². The number of fused-ring (bicyclic) bond motifs is 1. The molecule has 0 aliphatic carbocycles. The first-order valence-electron chi connectivity index (χ1n) is 7.12. The van der Waals surface area contributed by atoms with Crippen molar-refractivity contribution < 1.29 is 8.81 Å². The lowest BCUT2D eigenvalue weighted by Crippen LogP contribution is -1.87. The Hall–Kier alpha value is -3.21. The standard InChI is InChI=1S/C18H12FN3O/c19-15-6-2-1-5-14(15)18-10-9-13(23-18)11-21-22-12-20-16-7-3-4-8-17(16)22/h1-12H/b21-11-. The molecular formula is C18H12FN3O. The molecule has 4 rings (SSSR count). The van der Waals surface area contributed by atoms with Crippen LogP contribution in [0.2, 0.25) is 0 Å². The van der Waals surface area contributed by atoms with Gasteiger partial charge in [-0.25, -0.2) is 14.1 Å². The van der Waals surface area contributed by atoms with Crippen molar-refractivity contribution >= 4 is 17.2 Å². The molecule has 2 aromatic heterocycles. The second-order valence-electron chi connectivity index (χ2n) is 5.00. The highest BCUT2D eigenvalue weighted by Crippen LogP contribution is 2.24. The number of aromatic nitrogens is 2. The minimum absolute atomic E-state index is 0.314. The van der Waals surface area contributed by atoms with Crippen LogP contribution in [0.3, 0.4) is 0 Å². The van der Waals surface area contributed by atoms with E-state index in [1.807, 2.05) is 24.3 Å². The van der Waals surface area contributed by atoms with E-state index in [0.29, 0.717) is 17.1 Å². The highest BCUT2D eigenvalue weighted by molar-refractivity contribution is 5.79. The maximum Gasteiger partial charge on any atom is 0.147 e. The third-order valence-corrected chi connectivity index (χ3v) is 3.51. The molecule has 0 saturated heterocycles. The smallest absolute Gasteiger partial charge is 0.147 e. The Bertz CT molecular complexity index is 1000. The molecule has 4 nitrogen and oxygen atoms in total. The lowest BCUT2D eigenvalue weighted by Gasteiger charge is -1.97. The van der Waals surface area contributed by atoms with Gasteiger partial charge in [-0.3, -0.25) is 0 Å². The second-order valence-corrected chi connectivity index (χ2v) is 5.00. The molecular weight excluding hydrogens is 293 g/mol. The molecule has 4 aromatic rings. The second kappa shape index (κ2) is 5.53. The van der Waals surface area contributed by atoms with E-state index >= 15 is 0 Å². The van der Waals surface area contributed by atoms with Gasteiger partial charge in [0.1, 0.15) is 23.7 Å². The van der Waals surface area contributed by atoms with Crippen LogP contribution in [0.15, 0.2) is 76.5 Å². The van der Waals surface area contributed by atoms with Gasteiger partial charge in [-0.15, -0.1) is 0 Å². The lowest BCUT2D eigenvalue weighted by molar-refractivity contribution is 0.563. The molecule has 0 atom stereocenters. The molecule has 0 fully saturated rings. The normalized spacial score (nSPS) is 11.5. The Kier molecular flexibility index (Phi) is 3.24. The number of hydrogen-bond donors (Lipinski definition) is 0. The molecule has 0 spiro atoms. The highest BCUT2D eigenvalue weighted by Gasteiger charge is 2.08. The number of furan rings is 1. The molecule has 112 valence electrons. The minimum Gasteiger partial charge on any atom is -0.455 e. The highest BCUT2D eigenvalue weighted by atomic mass is 19.1. The van der Waals surface area contributed by atoms with Crippen LogP contribution in [0.25, 0.3) is 22.4 Å². The molecule has 0 saturated carbocycles. The first kappa shape index (κ1) is 13.5. The van der Waals surface area contributed by atoms with Gasteiger partial charge in [0.15, 0.2) is 0 Å². The summed E-state index contributed by atoms with van der Waals surface area (Å²) in [5.41, 5.74) is 2.21. The van der Waals surface area contributed by atoms with Crippen LogP contribution in [0.1, 0.15) is 5.76 Å². The van der Waals surface area contributed by atoms with Crippen LogP contribution < -0.4 is 0 Å². The summed E-state index contributed by atoms with van der Waals surface area (Å²) in [7, 11) is 0. The van der Waals surface area contributed by atoms with E-state index in [1.165, 1.54) is 6.07 Å². The maximum atomic E-state index is 13.8. The molecule has 0 aliphatic rings. The van der Waals surface area contributed by atoms with Crippen molar-refractivity contribution in [2.24, 2.45) is 5.10 Å². The van der Waals surface area contributed by atoms with Crippen molar-refractivity contribution in [2.45, 2.75) is 0 Å². The number of benzene rings is 2. The molecule has 0 radical (unpaired) electrons. The molecule has 23 heavy (non-hydrogen) atoms. The number of imidazole rings is 1. The Morgan fingerprint density at radius 3 is 2.74 bits per heavy atom. The Morgan fingerprint density at radius 1 is 1.00 bits per heavy atom. The zero-order chi connectivity index (χ0) is 15.6. The monoisotopic (exact) mass is 305 g/mol. The number of halogens is 1. The van der Waals surface area contributed by atoms with Crippen LogP contribution in [0.4, 0.5) is 4.39 Å². The predicted octanol–water partition coefficient (Wildman–Crippen LogP) is 4.32. The summed E-state index contributed by atoms with van der Waals surface area (Å²) in [6, 6.07) is 17.7. The quantitative estimate of drug-likeness (QED) is 0.529. The van der Waals surface area contributed by atoms with Gasteiger partial charge in [0.25, 0.3) is 0 Å². The molecule has 0 aliphatic heterocycles. The summed E-state index contributed by atoms with van der Waals surface area (Å²) in [6.07, 6.45) is 3.22. The zero-order valence-corrected chi connectivity index (χ0v) is 12.1. The van der Waals surface area contributed by atoms with Crippen molar-refractivity contribution in [3.8, 4) is 11.3 Å². The Balaban J connectivity index is 1.64. The van der Waals surface area contributed by atoms with Crippen molar-refractivity contribution in [1.29, 1.82) is 0 Å². The predicted molar refractivity (Wildman–Crippen MR) is 86.8 cm³/mol. The fourth-order valence-corrected chi connectivity index (χ4v) is 2.39. The Labute approximate surface area is 131 Å². The van der Waals surface area contributed by atoms with Gasteiger partial charge in [0, 0.05) is 0 Å². The van der Waals surface area contributed by atoms with Gasteiger partial charge in [-0.05, 0) is 36.4 Å². The number of rotatable bonds is 3. The van der Waals surface area contributed by atoms with E-state index < -0.39 is 0 Å². The van der Waals surface area contributed by atoms with Crippen LogP contribution in [0, 0.1) is 5.82 Å². The zero-order valence-electron chi connectivity index (χ0n) is 12.1. The van der Waals surface area contributed by atoms with Crippen molar-refractivity contribution in [1.82, 2.24) is 9.66 Å². The fraction of sp³-hybridized carbons (Fsp3) is 0. The van der Waals surface area contributed by atoms with Gasteiger partial charge in [-0.1, -0.05) is 24.3 Å². The summed E-state index contributed by atoms with van der Waals surface area (Å²) in [5, 5.41) is 4.34. The molecule has 2 heterocycles. The molecule has 0 unspecified atom stereocenters. The van der Waals surface area contributed by atoms with E-state index in [1.54, 1.807) is 47.5 Å². The van der Waals surface area contributed by atoms with Crippen LogP contribution >= 0.6 is 0 Å². The average Bonchev–Trinajstić information content (AvgIpc) is 3.20. The summed E-state index contributed by atoms with van der Waals surface area (Å²) < 4.78 is 21.1. The summed E-state index contributed by atoms with van der Waals surface area (Å²) in [5.74, 6) is 0.701. The van der Waals surface area contributed by atoms with Gasteiger partial charge in [0.2, 0.25) is 0 Å².